The molecule has 0 aliphatic carbocycles. The van der Waals surface area contributed by atoms with Gasteiger partial charge in [0.15, 0.2) is 5.58 Å². The lowest BCUT2D eigenvalue weighted by molar-refractivity contribution is -0.134. The van der Waals surface area contributed by atoms with Crippen molar-refractivity contribution in [1.29, 1.82) is 0 Å². The summed E-state index contributed by atoms with van der Waals surface area (Å²) in [4.78, 5) is 26.3. The first-order valence-corrected chi connectivity index (χ1v) is 7.40. The van der Waals surface area contributed by atoms with Crippen LogP contribution in [0.5, 0.6) is 0 Å². The molecule has 3 rings (SSSR count). The summed E-state index contributed by atoms with van der Waals surface area (Å²) < 4.78 is 6.58. The van der Waals surface area contributed by atoms with Crippen molar-refractivity contribution in [2.45, 2.75) is 26.8 Å². The van der Waals surface area contributed by atoms with Crippen molar-refractivity contribution < 1.29 is 9.21 Å². The van der Waals surface area contributed by atoms with Gasteiger partial charge >= 0.3 is 5.76 Å². The van der Waals surface area contributed by atoms with Gasteiger partial charge in [-0.2, -0.15) is 0 Å². The number of nitrogens with zero attached hydrogens (tertiary/aromatic N) is 2. The predicted molar refractivity (Wildman–Crippen MR) is 80.0 cm³/mol. The molecule has 0 radical (unpaired) electrons. The molecule has 5 nitrogen and oxygen atoms in total. The van der Waals surface area contributed by atoms with E-state index in [1.165, 1.54) is 4.57 Å². The quantitative estimate of drug-likeness (QED) is 0.850. The van der Waals surface area contributed by atoms with Crippen LogP contribution in [0.4, 0.5) is 0 Å². The van der Waals surface area contributed by atoms with E-state index >= 15 is 0 Å². The summed E-state index contributed by atoms with van der Waals surface area (Å²) >= 11 is 0. The lowest BCUT2D eigenvalue weighted by Gasteiger charge is -2.35. The molecular formula is C16H20N2O3. The number of carbonyl (C=O) groups is 1. The monoisotopic (exact) mass is 288 g/mol. The second kappa shape index (κ2) is 5.39. The number of aromatic nitrogens is 1. The topological polar surface area (TPSA) is 55.5 Å². The molecule has 1 aliphatic heterocycles. The highest BCUT2D eigenvalue weighted by atomic mass is 16.4. The first-order valence-electron chi connectivity index (χ1n) is 7.40. The molecule has 0 saturated carbocycles. The molecule has 2 heterocycles. The molecule has 0 N–H and O–H groups in total. The molecule has 112 valence electrons. The van der Waals surface area contributed by atoms with Crippen molar-refractivity contribution in [3.8, 4) is 0 Å². The Kier molecular flexibility index (Phi) is 3.57. The summed E-state index contributed by atoms with van der Waals surface area (Å²) in [6.07, 6.45) is 1.15. The number of rotatable bonds is 2. The Balaban J connectivity index is 1.83. The summed E-state index contributed by atoms with van der Waals surface area (Å²) in [5, 5.41) is 0. The van der Waals surface area contributed by atoms with Crippen molar-refractivity contribution in [2.75, 3.05) is 13.1 Å². The van der Waals surface area contributed by atoms with Gasteiger partial charge in [0.25, 0.3) is 0 Å². The molecule has 0 bridgehead atoms. The third kappa shape index (κ3) is 2.73. The number of hydrogen-bond acceptors (Lipinski definition) is 3. The SMILES string of the molecule is C[C@@H]1C[C@@H](C)CN(C(=O)Cn2c(=O)oc3ccccc32)C1. The first kappa shape index (κ1) is 13.9. The fourth-order valence-corrected chi connectivity index (χ4v) is 3.27. The van der Waals surface area contributed by atoms with E-state index in [9.17, 15) is 9.59 Å². The molecular weight excluding hydrogens is 268 g/mol. The molecule has 1 amide bonds. The Morgan fingerprint density at radius 2 is 1.90 bits per heavy atom. The van der Waals surface area contributed by atoms with Gasteiger partial charge in [-0.25, -0.2) is 4.79 Å². The molecule has 1 aromatic heterocycles. The van der Waals surface area contributed by atoms with Crippen LogP contribution in [0.15, 0.2) is 33.5 Å². The lowest BCUT2D eigenvalue weighted by Crippen LogP contribution is -2.44. The van der Waals surface area contributed by atoms with E-state index in [1.807, 2.05) is 17.0 Å². The van der Waals surface area contributed by atoms with Crippen LogP contribution in [0, 0.1) is 11.8 Å². The number of para-hydroxylation sites is 2. The molecule has 5 heteroatoms. The van der Waals surface area contributed by atoms with Gasteiger partial charge in [-0.05, 0) is 30.4 Å². The predicted octanol–water partition coefficient (Wildman–Crippen LogP) is 2.10. The van der Waals surface area contributed by atoms with E-state index in [4.69, 9.17) is 4.42 Å². The van der Waals surface area contributed by atoms with E-state index in [2.05, 4.69) is 13.8 Å². The summed E-state index contributed by atoms with van der Waals surface area (Å²) in [5.41, 5.74) is 1.20. The molecule has 1 aliphatic rings. The van der Waals surface area contributed by atoms with Gasteiger partial charge in [0.1, 0.15) is 6.54 Å². The fourth-order valence-electron chi connectivity index (χ4n) is 3.27. The number of amides is 1. The van der Waals surface area contributed by atoms with E-state index in [1.54, 1.807) is 12.1 Å². The van der Waals surface area contributed by atoms with E-state index in [-0.39, 0.29) is 12.5 Å². The highest BCUT2D eigenvalue weighted by Gasteiger charge is 2.26. The first-order chi connectivity index (χ1) is 10.0. The van der Waals surface area contributed by atoms with Crippen molar-refractivity contribution in [2.24, 2.45) is 11.8 Å². The summed E-state index contributed by atoms with van der Waals surface area (Å²) in [6.45, 7) is 5.92. The zero-order valence-electron chi connectivity index (χ0n) is 12.4. The van der Waals surface area contributed by atoms with Gasteiger partial charge in [-0.15, -0.1) is 0 Å². The Bertz CT molecular complexity index is 706. The molecule has 21 heavy (non-hydrogen) atoms. The molecule has 1 fully saturated rings. The minimum Gasteiger partial charge on any atom is -0.408 e. The van der Waals surface area contributed by atoms with Crippen LogP contribution in [0.3, 0.4) is 0 Å². The van der Waals surface area contributed by atoms with E-state index in [0.717, 1.165) is 19.5 Å². The minimum atomic E-state index is -0.470. The Labute approximate surface area is 123 Å². The zero-order valence-corrected chi connectivity index (χ0v) is 12.4. The zero-order chi connectivity index (χ0) is 15.0. The van der Waals surface area contributed by atoms with Gasteiger partial charge < -0.3 is 9.32 Å². The van der Waals surface area contributed by atoms with Crippen molar-refractivity contribution in [1.82, 2.24) is 9.47 Å². The van der Waals surface area contributed by atoms with Crippen LogP contribution in [0.2, 0.25) is 0 Å². The maximum atomic E-state index is 12.5. The lowest BCUT2D eigenvalue weighted by atomic mass is 9.92. The summed E-state index contributed by atoms with van der Waals surface area (Å²) in [6, 6.07) is 7.19. The van der Waals surface area contributed by atoms with Crippen molar-refractivity contribution in [3.63, 3.8) is 0 Å². The fraction of sp³-hybridized carbons (Fsp3) is 0.500. The standard InChI is InChI=1S/C16H20N2O3/c1-11-7-12(2)9-17(8-11)15(19)10-18-13-5-3-4-6-14(13)21-16(18)20/h3-6,11-12H,7-10H2,1-2H3/t11-,12-/m1/s1. The molecule has 1 aromatic carbocycles. The molecule has 0 unspecified atom stereocenters. The van der Waals surface area contributed by atoms with Gasteiger partial charge in [0.05, 0.1) is 5.52 Å². The van der Waals surface area contributed by atoms with Gasteiger partial charge in [-0.1, -0.05) is 26.0 Å². The number of oxazole rings is 1. The molecule has 2 aromatic rings. The van der Waals surface area contributed by atoms with E-state index < -0.39 is 5.76 Å². The van der Waals surface area contributed by atoms with E-state index in [0.29, 0.717) is 22.9 Å². The highest BCUT2D eigenvalue weighted by molar-refractivity contribution is 5.79. The van der Waals surface area contributed by atoms with Crippen LogP contribution in [-0.4, -0.2) is 28.5 Å². The normalized spacial score (nSPS) is 22.7. The summed E-state index contributed by atoms with van der Waals surface area (Å²) in [5.74, 6) is 0.538. The van der Waals surface area contributed by atoms with Crippen molar-refractivity contribution >= 4 is 17.0 Å². The average molecular weight is 288 g/mol. The maximum Gasteiger partial charge on any atom is 0.420 e. The van der Waals surface area contributed by atoms with Crippen LogP contribution in [0.1, 0.15) is 20.3 Å². The summed E-state index contributed by atoms with van der Waals surface area (Å²) in [7, 11) is 0. The number of fused-ring (bicyclic) bond motifs is 1. The third-order valence-electron chi connectivity index (χ3n) is 4.09. The van der Waals surface area contributed by atoms with Crippen LogP contribution in [-0.2, 0) is 11.3 Å². The number of carbonyl (C=O) groups excluding carboxylic acids is 1. The molecule has 2 atom stereocenters. The Morgan fingerprint density at radius 1 is 1.24 bits per heavy atom. The maximum absolute atomic E-state index is 12.5. The number of piperidine rings is 1. The average Bonchev–Trinajstić information content (AvgIpc) is 2.74. The second-order valence-corrected chi connectivity index (χ2v) is 6.17. The Hall–Kier alpha value is -2.04. The minimum absolute atomic E-state index is 0.0120. The second-order valence-electron chi connectivity index (χ2n) is 6.17. The molecule has 0 spiro atoms. The molecule has 1 saturated heterocycles. The Morgan fingerprint density at radius 3 is 2.62 bits per heavy atom. The van der Waals surface area contributed by atoms with Crippen LogP contribution < -0.4 is 5.76 Å². The van der Waals surface area contributed by atoms with Gasteiger partial charge in [0, 0.05) is 13.1 Å². The van der Waals surface area contributed by atoms with Crippen molar-refractivity contribution in [3.05, 3.63) is 34.8 Å². The number of benzene rings is 1. The number of likely N-dealkylation sites (tertiary alicyclic amines) is 1. The van der Waals surface area contributed by atoms with Crippen LogP contribution in [0.25, 0.3) is 11.1 Å². The van der Waals surface area contributed by atoms with Crippen LogP contribution >= 0.6 is 0 Å². The van der Waals surface area contributed by atoms with Gasteiger partial charge in [0.2, 0.25) is 5.91 Å². The smallest absolute Gasteiger partial charge is 0.408 e. The largest absolute Gasteiger partial charge is 0.420 e. The number of hydrogen-bond donors (Lipinski definition) is 0. The van der Waals surface area contributed by atoms with Gasteiger partial charge in [-0.3, -0.25) is 9.36 Å². The highest BCUT2D eigenvalue weighted by Crippen LogP contribution is 2.21. The third-order valence-corrected chi connectivity index (χ3v) is 4.09.